The predicted molar refractivity (Wildman–Crippen MR) is 40.5 cm³/mol. The van der Waals surface area contributed by atoms with E-state index in [1.54, 1.807) is 0 Å². The Balaban J connectivity index is 0.000000155. The van der Waals surface area contributed by atoms with Crippen LogP contribution in [0, 0.1) is 0 Å². The Morgan fingerprint density at radius 3 is 1.50 bits per heavy atom. The molecule has 0 aromatic rings. The molecular weight excluding hydrogens is 187 g/mol. The fourth-order valence-electron chi connectivity index (χ4n) is 0.0962. The van der Waals surface area contributed by atoms with Crippen LogP contribution in [-0.4, -0.2) is 40.6 Å². The zero-order chi connectivity index (χ0) is 9.61. The number of hydrogen-bond acceptors (Lipinski definition) is 3. The van der Waals surface area contributed by atoms with E-state index in [1.165, 1.54) is 0 Å². The summed E-state index contributed by atoms with van der Waals surface area (Å²) in [5, 5.41) is 0. The molecule has 0 aliphatic carbocycles. The molecule has 7 heteroatoms. The highest BCUT2D eigenvalue weighted by atomic mass is 31.2. The molecule has 0 amide bonds. The van der Waals surface area contributed by atoms with E-state index in [0.717, 1.165) is 19.8 Å². The van der Waals surface area contributed by atoms with Crippen molar-refractivity contribution >= 4 is 7.82 Å². The van der Waals surface area contributed by atoms with Crippen molar-refractivity contribution in [2.24, 2.45) is 0 Å². The molecular formula is C5H13O6P. The highest BCUT2D eigenvalue weighted by molar-refractivity contribution is 7.45. The van der Waals surface area contributed by atoms with Crippen molar-refractivity contribution in [3.63, 3.8) is 0 Å². The SMILES string of the molecule is C1CO1.CC1CO1.O=P(O)(O)O. The fourth-order valence-corrected chi connectivity index (χ4v) is 0.0962. The summed E-state index contributed by atoms with van der Waals surface area (Å²) in [7, 11) is -4.64. The van der Waals surface area contributed by atoms with Crippen molar-refractivity contribution in [2.75, 3.05) is 19.8 Å². The van der Waals surface area contributed by atoms with Crippen molar-refractivity contribution in [1.29, 1.82) is 0 Å². The van der Waals surface area contributed by atoms with Gasteiger partial charge >= 0.3 is 7.82 Å². The number of epoxide rings is 2. The maximum atomic E-state index is 8.88. The van der Waals surface area contributed by atoms with Gasteiger partial charge in [-0.25, -0.2) is 4.57 Å². The fraction of sp³-hybridized carbons (Fsp3) is 1.00. The molecule has 1 unspecified atom stereocenters. The molecule has 2 rings (SSSR count). The Hall–Kier alpha value is 0.0300. The molecule has 3 N–H and O–H groups in total. The normalized spacial score (nSPS) is 24.2. The number of ether oxygens (including phenoxy) is 2. The van der Waals surface area contributed by atoms with E-state index in [-0.39, 0.29) is 0 Å². The van der Waals surface area contributed by atoms with Gasteiger partial charge < -0.3 is 24.2 Å². The van der Waals surface area contributed by atoms with Gasteiger partial charge in [0.2, 0.25) is 0 Å². The standard InChI is InChI=1S/C3H6O.C2H4O.H3O4P/c1-3-2-4-3;1-2-3-1;1-5(2,3)4/h3H,2H2,1H3;1-2H2;(H3,1,2,3,4). The van der Waals surface area contributed by atoms with E-state index < -0.39 is 7.82 Å². The Labute approximate surface area is 70.4 Å². The van der Waals surface area contributed by atoms with Gasteiger partial charge in [-0.3, -0.25) is 0 Å². The van der Waals surface area contributed by atoms with Crippen LogP contribution in [0.1, 0.15) is 6.92 Å². The van der Waals surface area contributed by atoms with E-state index in [2.05, 4.69) is 11.7 Å². The summed E-state index contributed by atoms with van der Waals surface area (Å²) in [4.78, 5) is 21.6. The topological polar surface area (TPSA) is 103 Å². The van der Waals surface area contributed by atoms with Crippen molar-refractivity contribution < 1.29 is 28.7 Å². The summed E-state index contributed by atoms with van der Waals surface area (Å²) in [5.41, 5.74) is 0. The van der Waals surface area contributed by atoms with Gasteiger partial charge in [0.15, 0.2) is 0 Å². The molecule has 2 saturated heterocycles. The largest absolute Gasteiger partial charge is 0.466 e. The lowest BCUT2D eigenvalue weighted by atomic mass is 10.6. The zero-order valence-electron chi connectivity index (χ0n) is 6.71. The second-order valence-electron chi connectivity index (χ2n) is 2.27. The molecule has 0 radical (unpaired) electrons. The van der Waals surface area contributed by atoms with Crippen LogP contribution in [0.3, 0.4) is 0 Å². The molecule has 0 spiro atoms. The highest BCUT2D eigenvalue weighted by Crippen LogP contribution is 2.25. The van der Waals surface area contributed by atoms with Gasteiger partial charge in [-0.1, -0.05) is 0 Å². The van der Waals surface area contributed by atoms with Crippen LogP contribution in [0.2, 0.25) is 0 Å². The van der Waals surface area contributed by atoms with Crippen LogP contribution in [0.5, 0.6) is 0 Å². The summed E-state index contributed by atoms with van der Waals surface area (Å²) in [6, 6.07) is 0. The Morgan fingerprint density at radius 1 is 1.33 bits per heavy atom. The number of hydrogen-bond donors (Lipinski definition) is 3. The molecule has 6 nitrogen and oxygen atoms in total. The molecule has 12 heavy (non-hydrogen) atoms. The van der Waals surface area contributed by atoms with Gasteiger partial charge in [0, 0.05) is 0 Å². The van der Waals surface area contributed by atoms with Crippen molar-refractivity contribution in [1.82, 2.24) is 0 Å². The summed E-state index contributed by atoms with van der Waals surface area (Å²) >= 11 is 0. The summed E-state index contributed by atoms with van der Waals surface area (Å²) in [5.74, 6) is 0. The first-order chi connectivity index (χ1) is 5.39. The van der Waals surface area contributed by atoms with Gasteiger partial charge in [0.05, 0.1) is 25.9 Å². The van der Waals surface area contributed by atoms with Gasteiger partial charge in [-0.05, 0) is 6.92 Å². The average Bonchev–Trinajstić information content (AvgIpc) is 2.54. The third kappa shape index (κ3) is 50.4. The van der Waals surface area contributed by atoms with Crippen molar-refractivity contribution in [3.05, 3.63) is 0 Å². The van der Waals surface area contributed by atoms with Crippen molar-refractivity contribution in [2.45, 2.75) is 13.0 Å². The lowest BCUT2D eigenvalue weighted by Crippen LogP contribution is -1.66. The Kier molecular flexibility index (Phi) is 5.65. The van der Waals surface area contributed by atoms with E-state index in [1.807, 2.05) is 0 Å². The molecule has 0 saturated carbocycles. The van der Waals surface area contributed by atoms with Crippen LogP contribution in [0.15, 0.2) is 0 Å². The second kappa shape index (κ2) is 5.64. The van der Waals surface area contributed by atoms with Gasteiger partial charge in [0.1, 0.15) is 0 Å². The Bertz CT molecular complexity index is 137. The molecule has 1 atom stereocenters. The predicted octanol–water partition coefficient (Wildman–Crippen LogP) is -0.507. The zero-order valence-corrected chi connectivity index (χ0v) is 7.61. The van der Waals surface area contributed by atoms with E-state index in [0.29, 0.717) is 6.10 Å². The summed E-state index contributed by atoms with van der Waals surface area (Å²) in [6.45, 7) is 5.04. The van der Waals surface area contributed by atoms with Crippen LogP contribution < -0.4 is 0 Å². The lowest BCUT2D eigenvalue weighted by Gasteiger charge is -1.82. The molecule has 2 aliphatic rings. The van der Waals surface area contributed by atoms with E-state index >= 15 is 0 Å². The lowest BCUT2D eigenvalue weighted by molar-refractivity contribution is 0.275. The van der Waals surface area contributed by atoms with Gasteiger partial charge in [-0.2, -0.15) is 0 Å². The van der Waals surface area contributed by atoms with Crippen LogP contribution in [-0.2, 0) is 14.0 Å². The second-order valence-corrected chi connectivity index (χ2v) is 3.30. The molecule has 0 aromatic heterocycles. The molecule has 2 fully saturated rings. The Morgan fingerprint density at radius 2 is 1.50 bits per heavy atom. The van der Waals surface area contributed by atoms with E-state index in [4.69, 9.17) is 24.0 Å². The number of rotatable bonds is 0. The maximum Gasteiger partial charge on any atom is 0.466 e. The van der Waals surface area contributed by atoms with Gasteiger partial charge in [0.25, 0.3) is 0 Å². The summed E-state index contributed by atoms with van der Waals surface area (Å²) < 4.78 is 18.1. The molecule has 0 aromatic carbocycles. The van der Waals surface area contributed by atoms with E-state index in [9.17, 15) is 0 Å². The smallest absolute Gasteiger partial charge is 0.377 e. The minimum atomic E-state index is -4.64. The first-order valence-corrected chi connectivity index (χ1v) is 4.94. The third-order valence-electron chi connectivity index (χ3n) is 0.704. The summed E-state index contributed by atoms with van der Waals surface area (Å²) in [6.07, 6.45) is 0.583. The minimum Gasteiger partial charge on any atom is -0.377 e. The van der Waals surface area contributed by atoms with Gasteiger partial charge in [-0.15, -0.1) is 0 Å². The molecule has 74 valence electrons. The molecule has 0 bridgehead atoms. The maximum absolute atomic E-state index is 8.88. The van der Waals surface area contributed by atoms with Crippen LogP contribution >= 0.6 is 7.82 Å². The first-order valence-electron chi connectivity index (χ1n) is 3.37. The third-order valence-corrected chi connectivity index (χ3v) is 0.704. The number of phosphoric acid groups is 1. The van der Waals surface area contributed by atoms with Crippen LogP contribution in [0.25, 0.3) is 0 Å². The molecule has 2 heterocycles. The monoisotopic (exact) mass is 200 g/mol. The van der Waals surface area contributed by atoms with Crippen LogP contribution in [0.4, 0.5) is 0 Å². The molecule has 2 aliphatic heterocycles. The average molecular weight is 200 g/mol. The first kappa shape index (κ1) is 12.0. The minimum absolute atomic E-state index is 0.583. The highest BCUT2D eigenvalue weighted by Gasteiger charge is 2.13. The van der Waals surface area contributed by atoms with Crippen molar-refractivity contribution in [3.8, 4) is 0 Å². The quantitative estimate of drug-likeness (QED) is 0.359.